The zero-order chi connectivity index (χ0) is 9.31. The van der Waals surface area contributed by atoms with Gasteiger partial charge >= 0.3 is 0 Å². The Bertz CT molecular complexity index is 231. The number of primary amides is 1. The van der Waals surface area contributed by atoms with Gasteiger partial charge in [0.05, 0.1) is 5.54 Å². The lowest BCUT2D eigenvalue weighted by Gasteiger charge is -2.35. The number of carbonyl (C=O) groups excluding carboxylic acids is 1. The number of hydrogen-bond acceptors (Lipinski definition) is 3. The molecule has 0 atom stereocenters. The molecule has 4 nitrogen and oxygen atoms in total. The second kappa shape index (κ2) is 3.01. The van der Waals surface area contributed by atoms with Crippen molar-refractivity contribution in [2.45, 2.75) is 37.6 Å². The normalized spacial score (nSPS) is 37.7. The zero-order valence-corrected chi connectivity index (χ0v) is 7.62. The van der Waals surface area contributed by atoms with Crippen LogP contribution in [0.2, 0.25) is 0 Å². The SMILES string of the molecule is NC(=O)C1CCC2(CC=NN2)CC1. The summed E-state index contributed by atoms with van der Waals surface area (Å²) >= 11 is 0. The van der Waals surface area contributed by atoms with E-state index in [-0.39, 0.29) is 17.4 Å². The fourth-order valence-corrected chi connectivity index (χ4v) is 2.22. The highest BCUT2D eigenvalue weighted by Crippen LogP contribution is 2.35. The Morgan fingerprint density at radius 3 is 2.69 bits per heavy atom. The van der Waals surface area contributed by atoms with Crippen molar-refractivity contribution in [3.63, 3.8) is 0 Å². The zero-order valence-electron chi connectivity index (χ0n) is 7.62. The monoisotopic (exact) mass is 181 g/mol. The number of hydrogen-bond donors (Lipinski definition) is 2. The molecule has 0 aromatic carbocycles. The van der Waals surface area contributed by atoms with Crippen molar-refractivity contribution < 1.29 is 4.79 Å². The third-order valence-corrected chi connectivity index (χ3v) is 3.22. The topological polar surface area (TPSA) is 67.5 Å². The van der Waals surface area contributed by atoms with Crippen LogP contribution < -0.4 is 11.2 Å². The van der Waals surface area contributed by atoms with Crippen LogP contribution >= 0.6 is 0 Å². The Balaban J connectivity index is 1.92. The molecule has 3 N–H and O–H groups in total. The maximum absolute atomic E-state index is 10.9. The first-order chi connectivity index (χ1) is 6.22. The summed E-state index contributed by atoms with van der Waals surface area (Å²) in [5.74, 6) is -0.0539. The average molecular weight is 181 g/mol. The van der Waals surface area contributed by atoms with E-state index in [4.69, 9.17) is 5.73 Å². The third-order valence-electron chi connectivity index (χ3n) is 3.22. The van der Waals surface area contributed by atoms with E-state index in [0.717, 1.165) is 32.1 Å². The van der Waals surface area contributed by atoms with Crippen molar-refractivity contribution in [2.75, 3.05) is 0 Å². The number of hydrazone groups is 1. The second-order valence-electron chi connectivity index (χ2n) is 4.08. The van der Waals surface area contributed by atoms with E-state index < -0.39 is 0 Å². The van der Waals surface area contributed by atoms with Gasteiger partial charge in [-0.3, -0.25) is 4.79 Å². The molecule has 0 radical (unpaired) electrons. The van der Waals surface area contributed by atoms with Crippen LogP contribution in [0.15, 0.2) is 5.10 Å². The summed E-state index contributed by atoms with van der Waals surface area (Å²) in [6, 6.07) is 0. The van der Waals surface area contributed by atoms with Crippen LogP contribution in [0, 0.1) is 5.92 Å². The van der Waals surface area contributed by atoms with Crippen molar-refractivity contribution >= 4 is 12.1 Å². The second-order valence-corrected chi connectivity index (χ2v) is 4.08. The molecule has 2 aliphatic rings. The molecule has 2 rings (SSSR count). The molecule has 13 heavy (non-hydrogen) atoms. The van der Waals surface area contributed by atoms with E-state index in [1.54, 1.807) is 0 Å². The number of nitrogens with two attached hydrogens (primary N) is 1. The molecule has 1 heterocycles. The summed E-state index contributed by atoms with van der Waals surface area (Å²) in [5, 5.41) is 4.04. The Labute approximate surface area is 77.6 Å². The summed E-state index contributed by atoms with van der Waals surface area (Å²) in [6.07, 6.45) is 6.77. The minimum atomic E-state index is -0.145. The molecule has 1 saturated carbocycles. The largest absolute Gasteiger partial charge is 0.369 e. The lowest BCUT2D eigenvalue weighted by molar-refractivity contribution is -0.123. The molecule has 72 valence electrons. The van der Waals surface area contributed by atoms with Crippen molar-refractivity contribution in [1.82, 2.24) is 5.43 Å². The Morgan fingerprint density at radius 2 is 2.23 bits per heavy atom. The smallest absolute Gasteiger partial charge is 0.220 e. The molecule has 1 aliphatic carbocycles. The number of amides is 1. The van der Waals surface area contributed by atoms with E-state index in [0.29, 0.717) is 0 Å². The lowest BCUT2D eigenvalue weighted by Crippen LogP contribution is -2.44. The van der Waals surface area contributed by atoms with Crippen molar-refractivity contribution in [3.05, 3.63) is 0 Å². The van der Waals surface area contributed by atoms with Gasteiger partial charge in [-0.2, -0.15) is 5.10 Å². The highest BCUT2D eigenvalue weighted by atomic mass is 16.1. The van der Waals surface area contributed by atoms with Gasteiger partial charge in [0, 0.05) is 18.6 Å². The van der Waals surface area contributed by atoms with Gasteiger partial charge < -0.3 is 11.2 Å². The van der Waals surface area contributed by atoms with Crippen LogP contribution in [0.3, 0.4) is 0 Å². The van der Waals surface area contributed by atoms with E-state index in [9.17, 15) is 4.79 Å². The highest BCUT2D eigenvalue weighted by molar-refractivity contribution is 5.76. The maximum atomic E-state index is 10.9. The molecule has 4 heteroatoms. The van der Waals surface area contributed by atoms with Crippen LogP contribution in [-0.4, -0.2) is 17.7 Å². The molecular formula is C9H15N3O. The van der Waals surface area contributed by atoms with Crippen LogP contribution in [0.25, 0.3) is 0 Å². The standard InChI is InChI=1S/C9H15N3O/c10-8(13)7-1-3-9(4-2-7)5-6-11-12-9/h6-7,12H,1-5H2,(H2,10,13). The fourth-order valence-electron chi connectivity index (χ4n) is 2.22. The number of nitrogens with zero attached hydrogens (tertiary/aromatic N) is 1. The molecule has 0 aromatic heterocycles. The average Bonchev–Trinajstić information content (AvgIpc) is 2.54. The number of nitrogens with one attached hydrogen (secondary N) is 1. The first kappa shape index (κ1) is 8.53. The minimum absolute atomic E-state index is 0.0908. The molecule has 0 aromatic rings. The predicted octanol–water partition coefficient (Wildman–Crippen LogP) is 0.380. The lowest BCUT2D eigenvalue weighted by atomic mass is 9.75. The summed E-state index contributed by atoms with van der Waals surface area (Å²) in [6.45, 7) is 0. The van der Waals surface area contributed by atoms with Crippen LogP contribution in [-0.2, 0) is 4.79 Å². The summed E-state index contributed by atoms with van der Waals surface area (Å²) in [4.78, 5) is 10.9. The van der Waals surface area contributed by atoms with Gasteiger partial charge in [-0.05, 0) is 25.7 Å². The van der Waals surface area contributed by atoms with E-state index >= 15 is 0 Å². The molecule has 0 bridgehead atoms. The Morgan fingerprint density at radius 1 is 1.54 bits per heavy atom. The first-order valence-corrected chi connectivity index (χ1v) is 4.80. The predicted molar refractivity (Wildman–Crippen MR) is 50.1 cm³/mol. The first-order valence-electron chi connectivity index (χ1n) is 4.80. The van der Waals surface area contributed by atoms with Gasteiger partial charge in [0.15, 0.2) is 0 Å². The molecule has 1 spiro atoms. The molecule has 1 amide bonds. The Hall–Kier alpha value is -1.06. The van der Waals surface area contributed by atoms with E-state index in [1.807, 2.05) is 6.21 Å². The number of rotatable bonds is 1. The summed E-state index contributed by atoms with van der Waals surface area (Å²) in [5.41, 5.74) is 8.57. The van der Waals surface area contributed by atoms with E-state index in [1.165, 1.54) is 0 Å². The highest BCUT2D eigenvalue weighted by Gasteiger charge is 2.37. The van der Waals surface area contributed by atoms with Crippen molar-refractivity contribution in [2.24, 2.45) is 16.8 Å². The molecular weight excluding hydrogens is 166 g/mol. The van der Waals surface area contributed by atoms with Crippen molar-refractivity contribution in [1.29, 1.82) is 0 Å². The Kier molecular flexibility index (Phi) is 1.98. The van der Waals surface area contributed by atoms with Gasteiger partial charge in [-0.25, -0.2) is 0 Å². The van der Waals surface area contributed by atoms with Crippen molar-refractivity contribution in [3.8, 4) is 0 Å². The molecule has 0 saturated heterocycles. The van der Waals surface area contributed by atoms with Crippen LogP contribution in [0.4, 0.5) is 0 Å². The summed E-state index contributed by atoms with van der Waals surface area (Å²) in [7, 11) is 0. The summed E-state index contributed by atoms with van der Waals surface area (Å²) < 4.78 is 0. The van der Waals surface area contributed by atoms with Gasteiger partial charge in [-0.1, -0.05) is 0 Å². The maximum Gasteiger partial charge on any atom is 0.220 e. The quantitative estimate of drug-likeness (QED) is 0.614. The van der Waals surface area contributed by atoms with Crippen LogP contribution in [0.1, 0.15) is 32.1 Å². The van der Waals surface area contributed by atoms with Gasteiger partial charge in [0.25, 0.3) is 0 Å². The minimum Gasteiger partial charge on any atom is -0.369 e. The van der Waals surface area contributed by atoms with Gasteiger partial charge in [0.2, 0.25) is 5.91 Å². The van der Waals surface area contributed by atoms with Gasteiger partial charge in [0.1, 0.15) is 0 Å². The number of carbonyl (C=O) groups is 1. The molecule has 1 aliphatic heterocycles. The fraction of sp³-hybridized carbons (Fsp3) is 0.778. The van der Waals surface area contributed by atoms with E-state index in [2.05, 4.69) is 10.5 Å². The van der Waals surface area contributed by atoms with Gasteiger partial charge in [-0.15, -0.1) is 0 Å². The molecule has 1 fully saturated rings. The third kappa shape index (κ3) is 1.53. The van der Waals surface area contributed by atoms with Crippen LogP contribution in [0.5, 0.6) is 0 Å². The molecule has 0 unspecified atom stereocenters.